The lowest BCUT2D eigenvalue weighted by Gasteiger charge is -2.39. The second kappa shape index (κ2) is 7.54. The van der Waals surface area contributed by atoms with Crippen molar-refractivity contribution in [3.8, 4) is 0 Å². The van der Waals surface area contributed by atoms with Crippen LogP contribution in [0.2, 0.25) is 0 Å². The number of pyridine rings is 1. The lowest BCUT2D eigenvalue weighted by atomic mass is 9.69. The van der Waals surface area contributed by atoms with Gasteiger partial charge in [-0.2, -0.15) is 13.2 Å². The van der Waals surface area contributed by atoms with Gasteiger partial charge >= 0.3 is 6.18 Å². The first-order chi connectivity index (χ1) is 16.1. The summed E-state index contributed by atoms with van der Waals surface area (Å²) in [7, 11) is 0. The Bertz CT molecular complexity index is 1110. The van der Waals surface area contributed by atoms with Crippen LogP contribution in [0.4, 0.5) is 13.2 Å². The van der Waals surface area contributed by atoms with Crippen molar-refractivity contribution < 1.29 is 23.0 Å². The van der Waals surface area contributed by atoms with Gasteiger partial charge in [-0.25, -0.2) is 0 Å². The van der Waals surface area contributed by atoms with E-state index in [2.05, 4.69) is 13.8 Å². The first-order valence-electron chi connectivity index (χ1n) is 12.7. The molecule has 6 rings (SSSR count). The number of aliphatic hydroxyl groups excluding tert-OH is 1. The van der Waals surface area contributed by atoms with Gasteiger partial charge in [-0.05, 0) is 67.2 Å². The van der Waals surface area contributed by atoms with Crippen LogP contribution in [0.25, 0.3) is 0 Å². The molecule has 0 bridgehead atoms. The van der Waals surface area contributed by atoms with Crippen LogP contribution in [0, 0.1) is 5.41 Å². The summed E-state index contributed by atoms with van der Waals surface area (Å²) in [6.45, 7) is 4.37. The number of benzene rings is 1. The van der Waals surface area contributed by atoms with Gasteiger partial charge in [0.2, 0.25) is 0 Å². The molecule has 3 nitrogen and oxygen atoms in total. The molecule has 0 unspecified atom stereocenters. The van der Waals surface area contributed by atoms with E-state index in [1.54, 1.807) is 12.1 Å². The molecule has 2 saturated carbocycles. The van der Waals surface area contributed by atoms with Crippen molar-refractivity contribution in [3.05, 3.63) is 63.5 Å². The minimum atomic E-state index is -4.37. The Kier molecular flexibility index (Phi) is 5.00. The van der Waals surface area contributed by atoms with Crippen molar-refractivity contribution in [2.75, 3.05) is 0 Å². The number of rotatable bonds is 2. The number of fused-ring (bicyclic) bond motifs is 4. The van der Waals surface area contributed by atoms with Crippen LogP contribution in [0.5, 0.6) is 0 Å². The van der Waals surface area contributed by atoms with Crippen LogP contribution >= 0.6 is 0 Å². The fourth-order valence-corrected chi connectivity index (χ4v) is 6.82. The minimum Gasteiger partial charge on any atom is -0.388 e. The summed E-state index contributed by atoms with van der Waals surface area (Å²) < 4.78 is 46.6. The number of aromatic nitrogens is 1. The molecule has 182 valence electrons. The molecule has 1 aromatic heterocycles. The van der Waals surface area contributed by atoms with E-state index in [4.69, 9.17) is 9.72 Å². The number of nitrogens with zero attached hydrogens (tertiary/aromatic N) is 1. The normalized spacial score (nSPS) is 27.5. The molecule has 0 amide bonds. The lowest BCUT2D eigenvalue weighted by Crippen LogP contribution is -2.32. The second-order valence-corrected chi connectivity index (χ2v) is 11.7. The summed E-state index contributed by atoms with van der Waals surface area (Å²) in [6, 6.07) is 5.44. The third-order valence-electron chi connectivity index (χ3n) is 8.61. The summed E-state index contributed by atoms with van der Waals surface area (Å²) in [4.78, 5) is 5.22. The zero-order valence-corrected chi connectivity index (χ0v) is 19.8. The van der Waals surface area contributed by atoms with Crippen LogP contribution in [-0.4, -0.2) is 10.1 Å². The third kappa shape index (κ3) is 3.43. The van der Waals surface area contributed by atoms with E-state index in [1.807, 2.05) is 0 Å². The van der Waals surface area contributed by atoms with Crippen LogP contribution in [0.1, 0.15) is 123 Å². The second-order valence-electron chi connectivity index (χ2n) is 11.7. The monoisotopic (exact) mass is 471 g/mol. The number of aliphatic hydroxyl groups is 1. The molecule has 1 spiro atoms. The van der Waals surface area contributed by atoms with Gasteiger partial charge in [0.15, 0.2) is 0 Å². The van der Waals surface area contributed by atoms with E-state index in [0.29, 0.717) is 12.3 Å². The molecular formula is C28H32F3NO2. The molecule has 2 heterocycles. The molecule has 2 fully saturated rings. The number of hydrogen-bond acceptors (Lipinski definition) is 3. The van der Waals surface area contributed by atoms with Gasteiger partial charge in [0.1, 0.15) is 6.10 Å². The van der Waals surface area contributed by atoms with E-state index >= 15 is 0 Å². The first-order valence-corrected chi connectivity index (χ1v) is 12.7. The molecule has 1 aromatic carbocycles. The van der Waals surface area contributed by atoms with E-state index < -0.39 is 29.5 Å². The Balaban J connectivity index is 1.56. The Morgan fingerprint density at radius 1 is 1.00 bits per heavy atom. The Morgan fingerprint density at radius 3 is 2.26 bits per heavy atom. The molecule has 0 saturated heterocycles. The number of hydrogen-bond donors (Lipinski definition) is 1. The van der Waals surface area contributed by atoms with Crippen LogP contribution in [0.15, 0.2) is 24.3 Å². The summed E-state index contributed by atoms with van der Waals surface area (Å²) in [5, 5.41) is 11.4. The molecule has 2 aromatic rings. The van der Waals surface area contributed by atoms with Gasteiger partial charge in [-0.3, -0.25) is 4.98 Å². The van der Waals surface area contributed by atoms with E-state index in [-0.39, 0.29) is 5.41 Å². The third-order valence-corrected chi connectivity index (χ3v) is 8.61. The standard InChI is InChI=1S/C28H32F3NO2/c1-26(2)14-19-21(20(33)15-26)23-22(24(32-19)16-6-5-7-16)25(34-27(23)12-3-4-13-27)17-8-10-18(11-9-17)28(29,30)31/h8-11,16,20,25,33H,3-7,12-15H2,1-2H3/t20-,25+/m0/s1. The van der Waals surface area contributed by atoms with Gasteiger partial charge in [-0.15, -0.1) is 0 Å². The highest BCUT2D eigenvalue weighted by atomic mass is 19.4. The van der Waals surface area contributed by atoms with Gasteiger partial charge in [0, 0.05) is 22.7 Å². The van der Waals surface area contributed by atoms with Crippen molar-refractivity contribution in [1.29, 1.82) is 0 Å². The van der Waals surface area contributed by atoms with E-state index in [0.717, 1.165) is 90.7 Å². The predicted molar refractivity (Wildman–Crippen MR) is 122 cm³/mol. The quantitative estimate of drug-likeness (QED) is 0.501. The molecule has 1 N–H and O–H groups in total. The number of halogens is 3. The van der Waals surface area contributed by atoms with Gasteiger partial charge in [-0.1, -0.05) is 45.2 Å². The first kappa shape index (κ1) is 22.5. The summed E-state index contributed by atoms with van der Waals surface area (Å²) in [5.41, 5.74) is 4.79. The average Bonchev–Trinajstić information content (AvgIpc) is 3.31. The van der Waals surface area contributed by atoms with Crippen molar-refractivity contribution in [3.63, 3.8) is 0 Å². The zero-order chi connectivity index (χ0) is 23.9. The smallest absolute Gasteiger partial charge is 0.388 e. The highest BCUT2D eigenvalue weighted by Crippen LogP contribution is 2.60. The van der Waals surface area contributed by atoms with Crippen molar-refractivity contribution in [2.45, 2.75) is 102 Å². The molecule has 1 aliphatic heterocycles. The molecule has 2 atom stereocenters. The van der Waals surface area contributed by atoms with Crippen molar-refractivity contribution in [2.24, 2.45) is 5.41 Å². The Morgan fingerprint density at radius 2 is 1.68 bits per heavy atom. The maximum atomic E-state index is 13.2. The summed E-state index contributed by atoms with van der Waals surface area (Å²) >= 11 is 0. The van der Waals surface area contributed by atoms with Crippen LogP contribution < -0.4 is 0 Å². The average molecular weight is 472 g/mol. The number of ether oxygens (including phenoxy) is 1. The predicted octanol–water partition coefficient (Wildman–Crippen LogP) is 7.26. The fourth-order valence-electron chi connectivity index (χ4n) is 6.82. The lowest BCUT2D eigenvalue weighted by molar-refractivity contribution is -0.137. The van der Waals surface area contributed by atoms with Gasteiger partial charge in [0.05, 0.1) is 23.0 Å². The van der Waals surface area contributed by atoms with E-state index in [1.165, 1.54) is 6.42 Å². The van der Waals surface area contributed by atoms with Crippen molar-refractivity contribution >= 4 is 0 Å². The maximum Gasteiger partial charge on any atom is 0.416 e. The molecular weight excluding hydrogens is 439 g/mol. The molecule has 6 heteroatoms. The fraction of sp³-hybridized carbons (Fsp3) is 0.607. The molecule has 3 aliphatic carbocycles. The largest absolute Gasteiger partial charge is 0.416 e. The Hall–Kier alpha value is -1.92. The summed E-state index contributed by atoms with van der Waals surface area (Å²) in [6.07, 6.45) is 3.31. The topological polar surface area (TPSA) is 42.4 Å². The molecule has 4 aliphatic rings. The number of alkyl halides is 3. The highest BCUT2D eigenvalue weighted by molar-refractivity contribution is 5.55. The van der Waals surface area contributed by atoms with Crippen LogP contribution in [0.3, 0.4) is 0 Å². The highest BCUT2D eigenvalue weighted by Gasteiger charge is 2.53. The van der Waals surface area contributed by atoms with Crippen LogP contribution in [-0.2, 0) is 22.9 Å². The SMILES string of the molecule is CC1(C)Cc2nc(C3CCC3)c3c(c2[C@@H](O)C1)C1(CCCC1)O[C@@H]3c1ccc(C(F)(F)F)cc1. The van der Waals surface area contributed by atoms with Gasteiger partial charge in [0.25, 0.3) is 0 Å². The van der Waals surface area contributed by atoms with Gasteiger partial charge < -0.3 is 9.84 Å². The summed E-state index contributed by atoms with van der Waals surface area (Å²) in [5.74, 6) is 0.360. The minimum absolute atomic E-state index is 0.0281. The van der Waals surface area contributed by atoms with Crippen molar-refractivity contribution in [1.82, 2.24) is 4.98 Å². The maximum absolute atomic E-state index is 13.2. The zero-order valence-electron chi connectivity index (χ0n) is 19.8. The Labute approximate surface area is 198 Å². The van der Waals surface area contributed by atoms with E-state index in [9.17, 15) is 18.3 Å². The molecule has 0 radical (unpaired) electrons. The molecule has 34 heavy (non-hydrogen) atoms.